The Balaban J connectivity index is 1.90. The van der Waals surface area contributed by atoms with Crippen LogP contribution in [0.2, 0.25) is 0 Å². The van der Waals surface area contributed by atoms with Gasteiger partial charge in [0.05, 0.1) is 28.5 Å². The maximum Gasteiger partial charge on any atom is 0.338 e. The molecular formula is C25H24BrN3O3S. The van der Waals surface area contributed by atoms with Crippen molar-refractivity contribution in [3.8, 4) is 0 Å². The van der Waals surface area contributed by atoms with E-state index in [0.717, 1.165) is 21.3 Å². The number of thiazole rings is 1. The van der Waals surface area contributed by atoms with E-state index in [-0.39, 0.29) is 12.2 Å². The molecule has 33 heavy (non-hydrogen) atoms. The Morgan fingerprint density at radius 1 is 1.18 bits per heavy atom. The average molecular weight is 526 g/mol. The molecule has 0 amide bonds. The quantitative estimate of drug-likeness (QED) is 0.477. The first-order valence-corrected chi connectivity index (χ1v) is 12.1. The smallest absolute Gasteiger partial charge is 0.338 e. The lowest BCUT2D eigenvalue weighted by Gasteiger charge is -2.24. The van der Waals surface area contributed by atoms with Crippen molar-refractivity contribution in [3.63, 3.8) is 0 Å². The Kier molecular flexibility index (Phi) is 6.67. The number of carbonyl (C=O) groups excluding carboxylic acids is 1. The minimum absolute atomic E-state index is 0.183. The molecule has 1 atom stereocenters. The van der Waals surface area contributed by atoms with E-state index < -0.39 is 12.0 Å². The first kappa shape index (κ1) is 23.2. The molecule has 6 nitrogen and oxygen atoms in total. The molecular weight excluding hydrogens is 502 g/mol. The van der Waals surface area contributed by atoms with Gasteiger partial charge >= 0.3 is 5.97 Å². The lowest BCUT2D eigenvalue weighted by Crippen LogP contribution is -2.39. The van der Waals surface area contributed by atoms with Gasteiger partial charge in [0.15, 0.2) is 4.80 Å². The standard InChI is InChI=1S/C25H24BrN3O3S/c1-5-32-24(31)21-15(2)27-25-29(22(21)17-8-10-18(26)11-9-17)23(30)20(33-25)14-16-6-12-19(13-7-16)28(3)4/h6-14,22H,5H2,1-4H3/b20-14-/t22-/m1/s1. The van der Waals surface area contributed by atoms with E-state index in [9.17, 15) is 9.59 Å². The molecule has 0 N–H and O–H groups in total. The van der Waals surface area contributed by atoms with Crippen molar-refractivity contribution in [3.05, 3.63) is 95.1 Å². The monoisotopic (exact) mass is 525 g/mol. The van der Waals surface area contributed by atoms with Gasteiger partial charge in [0.1, 0.15) is 0 Å². The molecule has 1 aromatic heterocycles. The molecule has 2 aromatic carbocycles. The fourth-order valence-electron chi connectivity index (χ4n) is 3.77. The number of hydrogen-bond acceptors (Lipinski definition) is 6. The number of nitrogens with zero attached hydrogens (tertiary/aromatic N) is 3. The first-order valence-electron chi connectivity index (χ1n) is 10.5. The van der Waals surface area contributed by atoms with E-state index in [2.05, 4.69) is 20.9 Å². The summed E-state index contributed by atoms with van der Waals surface area (Å²) in [5.74, 6) is -0.458. The van der Waals surface area contributed by atoms with Crippen molar-refractivity contribution in [2.45, 2.75) is 19.9 Å². The van der Waals surface area contributed by atoms with Gasteiger partial charge in [-0.2, -0.15) is 0 Å². The zero-order valence-corrected chi connectivity index (χ0v) is 21.2. The van der Waals surface area contributed by atoms with Crippen LogP contribution in [-0.2, 0) is 9.53 Å². The Labute approximate surface area is 204 Å². The minimum atomic E-state index is -0.605. The molecule has 4 rings (SSSR count). The Bertz CT molecular complexity index is 1400. The van der Waals surface area contributed by atoms with Crippen molar-refractivity contribution in [2.75, 3.05) is 25.6 Å². The lowest BCUT2D eigenvalue weighted by atomic mass is 9.96. The number of carbonyl (C=O) groups is 1. The van der Waals surface area contributed by atoms with Gasteiger partial charge in [-0.15, -0.1) is 0 Å². The number of benzene rings is 2. The summed E-state index contributed by atoms with van der Waals surface area (Å²) in [7, 11) is 3.97. The fraction of sp³-hybridized carbons (Fsp3) is 0.240. The molecule has 8 heteroatoms. The maximum atomic E-state index is 13.6. The predicted molar refractivity (Wildman–Crippen MR) is 135 cm³/mol. The number of esters is 1. The molecule has 0 fully saturated rings. The highest BCUT2D eigenvalue weighted by molar-refractivity contribution is 9.10. The molecule has 1 aliphatic rings. The van der Waals surface area contributed by atoms with Gasteiger partial charge in [-0.3, -0.25) is 9.36 Å². The second-order valence-corrected chi connectivity index (χ2v) is 9.76. The van der Waals surface area contributed by atoms with Crippen molar-refractivity contribution >= 4 is 45.0 Å². The number of ether oxygens (including phenoxy) is 1. The predicted octanol–water partition coefficient (Wildman–Crippen LogP) is 3.63. The Morgan fingerprint density at radius 3 is 2.45 bits per heavy atom. The van der Waals surface area contributed by atoms with E-state index in [4.69, 9.17) is 4.74 Å². The van der Waals surface area contributed by atoms with Crippen LogP contribution in [0.3, 0.4) is 0 Å². The van der Waals surface area contributed by atoms with Gasteiger partial charge in [-0.25, -0.2) is 9.79 Å². The van der Waals surface area contributed by atoms with Crippen LogP contribution in [0, 0.1) is 0 Å². The largest absolute Gasteiger partial charge is 0.463 e. The van der Waals surface area contributed by atoms with Gasteiger partial charge in [0, 0.05) is 24.3 Å². The highest BCUT2D eigenvalue weighted by atomic mass is 79.9. The zero-order chi connectivity index (χ0) is 23.7. The number of rotatable bonds is 5. The molecule has 0 saturated carbocycles. The van der Waals surface area contributed by atoms with Crippen molar-refractivity contribution in [2.24, 2.45) is 4.99 Å². The van der Waals surface area contributed by atoms with Crippen molar-refractivity contribution < 1.29 is 9.53 Å². The van der Waals surface area contributed by atoms with E-state index in [1.54, 1.807) is 18.4 Å². The van der Waals surface area contributed by atoms with Gasteiger partial charge in [0.2, 0.25) is 0 Å². The third kappa shape index (κ3) is 4.58. The molecule has 0 saturated heterocycles. The molecule has 0 radical (unpaired) electrons. The Morgan fingerprint density at radius 2 is 1.85 bits per heavy atom. The number of fused-ring (bicyclic) bond motifs is 1. The number of allylic oxidation sites excluding steroid dienone is 1. The van der Waals surface area contributed by atoms with Crippen LogP contribution in [0.5, 0.6) is 0 Å². The Hall–Kier alpha value is -2.97. The molecule has 0 spiro atoms. The number of hydrogen-bond donors (Lipinski definition) is 0. The molecule has 2 heterocycles. The zero-order valence-electron chi connectivity index (χ0n) is 18.8. The average Bonchev–Trinajstić information content (AvgIpc) is 3.08. The van der Waals surface area contributed by atoms with Crippen LogP contribution >= 0.6 is 27.3 Å². The van der Waals surface area contributed by atoms with E-state index in [1.807, 2.05) is 73.6 Å². The summed E-state index contributed by atoms with van der Waals surface area (Å²) in [4.78, 5) is 33.7. The second-order valence-electron chi connectivity index (χ2n) is 7.84. The number of aromatic nitrogens is 1. The van der Waals surface area contributed by atoms with Crippen molar-refractivity contribution in [1.29, 1.82) is 0 Å². The lowest BCUT2D eigenvalue weighted by molar-refractivity contribution is -0.139. The van der Waals surface area contributed by atoms with Crippen molar-refractivity contribution in [1.82, 2.24) is 4.57 Å². The molecule has 0 aliphatic carbocycles. The first-order chi connectivity index (χ1) is 15.8. The minimum Gasteiger partial charge on any atom is -0.463 e. The van der Waals surface area contributed by atoms with E-state index >= 15 is 0 Å². The molecule has 0 unspecified atom stereocenters. The normalized spacial score (nSPS) is 15.8. The van der Waals surface area contributed by atoms with Gasteiger partial charge in [-0.05, 0) is 55.3 Å². The summed E-state index contributed by atoms with van der Waals surface area (Å²) in [6, 6.07) is 15.0. The van der Waals surface area contributed by atoms with Crippen LogP contribution < -0.4 is 19.8 Å². The topological polar surface area (TPSA) is 63.9 Å². The highest BCUT2D eigenvalue weighted by Crippen LogP contribution is 2.31. The van der Waals surface area contributed by atoms with E-state index in [0.29, 0.717) is 20.6 Å². The van der Waals surface area contributed by atoms with Gasteiger partial charge in [0.25, 0.3) is 5.56 Å². The van der Waals surface area contributed by atoms with Crippen LogP contribution in [0.4, 0.5) is 5.69 Å². The van der Waals surface area contributed by atoms with Crippen LogP contribution in [0.15, 0.2) is 74.1 Å². The summed E-state index contributed by atoms with van der Waals surface area (Å²) in [5.41, 5.74) is 3.58. The molecule has 3 aromatic rings. The summed E-state index contributed by atoms with van der Waals surface area (Å²) in [6.07, 6.45) is 1.87. The molecule has 170 valence electrons. The summed E-state index contributed by atoms with van der Waals surface area (Å²) in [5, 5.41) is 0. The fourth-order valence-corrected chi connectivity index (χ4v) is 5.08. The van der Waals surface area contributed by atoms with Gasteiger partial charge < -0.3 is 9.64 Å². The molecule has 1 aliphatic heterocycles. The second kappa shape index (κ2) is 9.49. The molecule has 0 bridgehead atoms. The van der Waals surface area contributed by atoms with Crippen LogP contribution in [0.25, 0.3) is 6.08 Å². The summed E-state index contributed by atoms with van der Waals surface area (Å²) >= 11 is 4.78. The van der Waals surface area contributed by atoms with Gasteiger partial charge in [-0.1, -0.05) is 51.5 Å². The number of anilines is 1. The third-order valence-electron chi connectivity index (χ3n) is 5.41. The van der Waals surface area contributed by atoms with E-state index in [1.165, 1.54) is 11.3 Å². The number of halogens is 1. The maximum absolute atomic E-state index is 13.6. The SMILES string of the molecule is CCOC(=O)C1=C(C)N=c2s/c(=C\c3ccc(N(C)C)cc3)c(=O)n2[C@@H]1c1ccc(Br)cc1. The summed E-state index contributed by atoms with van der Waals surface area (Å²) in [6.45, 7) is 3.80. The summed E-state index contributed by atoms with van der Waals surface area (Å²) < 4.78 is 8.41. The highest BCUT2D eigenvalue weighted by Gasteiger charge is 2.33. The van der Waals surface area contributed by atoms with Crippen LogP contribution in [0.1, 0.15) is 31.0 Å². The third-order valence-corrected chi connectivity index (χ3v) is 6.92. The van der Waals surface area contributed by atoms with Crippen LogP contribution in [-0.4, -0.2) is 31.2 Å².